The lowest BCUT2D eigenvalue weighted by Gasteiger charge is -2.21. The van der Waals surface area contributed by atoms with Gasteiger partial charge in [-0.2, -0.15) is 0 Å². The Balaban J connectivity index is 1.55. The molecule has 1 aliphatic heterocycles. The number of hydrogen-bond acceptors (Lipinski definition) is 4. The lowest BCUT2D eigenvalue weighted by Crippen LogP contribution is -2.40. The quantitative estimate of drug-likeness (QED) is 0.573. The minimum Gasteiger partial charge on any atom is -0.480 e. The van der Waals surface area contributed by atoms with E-state index in [1.165, 1.54) is 37.0 Å². The van der Waals surface area contributed by atoms with Crippen LogP contribution in [0.3, 0.4) is 0 Å². The Morgan fingerprint density at radius 2 is 1.70 bits per heavy atom. The average molecular weight is 410 g/mol. The largest absolute Gasteiger partial charge is 0.480 e. The van der Waals surface area contributed by atoms with Gasteiger partial charge >= 0.3 is 5.97 Å². The molecule has 1 atom stereocenters. The van der Waals surface area contributed by atoms with Gasteiger partial charge in [-0.1, -0.05) is 51.2 Å². The predicted molar refractivity (Wildman–Crippen MR) is 116 cm³/mol. The number of likely N-dealkylation sites (tertiary alicyclic amines) is 1. The Morgan fingerprint density at radius 3 is 2.37 bits per heavy atom. The highest BCUT2D eigenvalue weighted by Crippen LogP contribution is 2.22. The molecule has 2 heterocycles. The zero-order chi connectivity index (χ0) is 21.3. The first-order chi connectivity index (χ1) is 14.6. The Kier molecular flexibility index (Phi) is 7.94. The fourth-order valence-electron chi connectivity index (χ4n) is 3.94. The number of aliphatic carboxylic acids is 1. The van der Waals surface area contributed by atoms with Gasteiger partial charge in [0.05, 0.1) is 0 Å². The van der Waals surface area contributed by atoms with Gasteiger partial charge in [-0.25, -0.2) is 14.8 Å². The van der Waals surface area contributed by atoms with Gasteiger partial charge in [0.15, 0.2) is 5.82 Å². The number of benzene rings is 1. The summed E-state index contributed by atoms with van der Waals surface area (Å²) in [6.45, 7) is 2.72. The zero-order valence-electron chi connectivity index (χ0n) is 17.7. The lowest BCUT2D eigenvalue weighted by molar-refractivity contribution is -0.141. The Bertz CT molecular complexity index is 834. The molecule has 0 unspecified atom stereocenters. The van der Waals surface area contributed by atoms with Gasteiger partial charge in [0, 0.05) is 30.1 Å². The average Bonchev–Trinajstić information content (AvgIpc) is 3.27. The maximum atomic E-state index is 12.7. The SMILES string of the molecule is CCCCCCCCc1cnc(-c2ccc(C(=O)N3CCC[C@H]3C(=O)O)cc2)nc1. The molecule has 30 heavy (non-hydrogen) atoms. The molecule has 3 rings (SSSR count). The molecule has 6 nitrogen and oxygen atoms in total. The standard InChI is InChI=1S/C24H31N3O3/c1-2-3-4-5-6-7-9-18-16-25-22(26-17-18)19-11-13-20(14-12-19)23(28)27-15-8-10-21(27)24(29)30/h11-14,16-17,21H,2-10,15H2,1H3,(H,29,30)/t21-/m0/s1. The molecule has 0 saturated carbocycles. The van der Waals surface area contributed by atoms with Gasteiger partial charge in [-0.05, 0) is 43.4 Å². The highest BCUT2D eigenvalue weighted by molar-refractivity contribution is 5.97. The number of nitrogens with zero attached hydrogens (tertiary/aromatic N) is 3. The van der Waals surface area contributed by atoms with Crippen molar-refractivity contribution in [3.63, 3.8) is 0 Å². The first-order valence-electron chi connectivity index (χ1n) is 11.0. The summed E-state index contributed by atoms with van der Waals surface area (Å²) in [4.78, 5) is 34.4. The number of unbranched alkanes of at least 4 members (excludes halogenated alkanes) is 5. The van der Waals surface area contributed by atoms with Gasteiger partial charge in [-0.3, -0.25) is 4.79 Å². The maximum absolute atomic E-state index is 12.7. The molecule has 1 aliphatic rings. The molecule has 0 aliphatic carbocycles. The summed E-state index contributed by atoms with van der Waals surface area (Å²) in [5.74, 6) is -0.543. The van der Waals surface area contributed by atoms with Crippen LogP contribution < -0.4 is 0 Å². The van der Waals surface area contributed by atoms with Crippen molar-refractivity contribution in [2.45, 2.75) is 70.8 Å². The summed E-state index contributed by atoms with van der Waals surface area (Å²) in [5.41, 5.74) is 2.48. The molecule has 1 aromatic heterocycles. The van der Waals surface area contributed by atoms with Crippen molar-refractivity contribution in [1.29, 1.82) is 0 Å². The second-order valence-corrected chi connectivity index (χ2v) is 8.00. The lowest BCUT2D eigenvalue weighted by atomic mass is 10.1. The molecule has 1 saturated heterocycles. The zero-order valence-corrected chi connectivity index (χ0v) is 17.7. The van der Waals surface area contributed by atoms with E-state index in [1.54, 1.807) is 12.1 Å². The van der Waals surface area contributed by atoms with Gasteiger partial charge in [0.1, 0.15) is 6.04 Å². The van der Waals surface area contributed by atoms with Crippen molar-refractivity contribution >= 4 is 11.9 Å². The number of carbonyl (C=O) groups excluding carboxylic acids is 1. The van der Waals surface area contributed by atoms with Crippen LogP contribution in [-0.4, -0.2) is 44.4 Å². The van der Waals surface area contributed by atoms with Crippen LogP contribution >= 0.6 is 0 Å². The summed E-state index contributed by atoms with van der Waals surface area (Å²) >= 11 is 0. The monoisotopic (exact) mass is 409 g/mol. The topological polar surface area (TPSA) is 83.4 Å². The highest BCUT2D eigenvalue weighted by Gasteiger charge is 2.34. The molecular weight excluding hydrogens is 378 g/mol. The predicted octanol–water partition coefficient (Wildman–Crippen LogP) is 4.74. The molecule has 6 heteroatoms. The molecule has 0 bridgehead atoms. The van der Waals surface area contributed by atoms with Crippen LogP contribution in [0.15, 0.2) is 36.7 Å². The number of aryl methyl sites for hydroxylation is 1. The van der Waals surface area contributed by atoms with Crippen molar-refractivity contribution in [3.8, 4) is 11.4 Å². The normalized spacial score (nSPS) is 16.0. The molecule has 1 fully saturated rings. The summed E-state index contributed by atoms with van der Waals surface area (Å²) in [7, 11) is 0. The number of hydrogen-bond donors (Lipinski definition) is 1. The van der Waals surface area contributed by atoms with Crippen molar-refractivity contribution < 1.29 is 14.7 Å². The minimum absolute atomic E-state index is 0.235. The van der Waals surface area contributed by atoms with E-state index in [1.807, 2.05) is 24.5 Å². The second-order valence-electron chi connectivity index (χ2n) is 8.00. The van der Waals surface area contributed by atoms with E-state index in [0.717, 1.165) is 30.4 Å². The first-order valence-corrected chi connectivity index (χ1v) is 11.0. The Hall–Kier alpha value is -2.76. The third-order valence-corrected chi connectivity index (χ3v) is 5.71. The molecule has 160 valence electrons. The summed E-state index contributed by atoms with van der Waals surface area (Å²) in [6, 6.07) is 6.37. The summed E-state index contributed by atoms with van der Waals surface area (Å²) in [6.07, 6.45) is 13.6. The molecule has 0 spiro atoms. The smallest absolute Gasteiger partial charge is 0.326 e. The van der Waals surface area contributed by atoms with Crippen LogP contribution in [0, 0.1) is 0 Å². The van der Waals surface area contributed by atoms with Crippen molar-refractivity contribution in [1.82, 2.24) is 14.9 Å². The fourth-order valence-corrected chi connectivity index (χ4v) is 3.94. The third kappa shape index (κ3) is 5.65. The van der Waals surface area contributed by atoms with E-state index in [2.05, 4.69) is 16.9 Å². The maximum Gasteiger partial charge on any atom is 0.326 e. The van der Waals surface area contributed by atoms with E-state index in [-0.39, 0.29) is 5.91 Å². The second kappa shape index (κ2) is 10.9. The van der Waals surface area contributed by atoms with Crippen LogP contribution in [0.2, 0.25) is 0 Å². The molecule has 1 aromatic carbocycles. The highest BCUT2D eigenvalue weighted by atomic mass is 16.4. The van der Waals surface area contributed by atoms with E-state index in [9.17, 15) is 14.7 Å². The van der Waals surface area contributed by atoms with Crippen molar-refractivity contribution in [3.05, 3.63) is 47.8 Å². The number of carboxylic acid groups (broad SMARTS) is 1. The summed E-state index contributed by atoms with van der Waals surface area (Å²) in [5, 5.41) is 9.29. The summed E-state index contributed by atoms with van der Waals surface area (Å²) < 4.78 is 0. The molecule has 1 N–H and O–H groups in total. The van der Waals surface area contributed by atoms with Crippen LogP contribution in [-0.2, 0) is 11.2 Å². The van der Waals surface area contributed by atoms with E-state index in [4.69, 9.17) is 0 Å². The Morgan fingerprint density at radius 1 is 1.03 bits per heavy atom. The number of amides is 1. The third-order valence-electron chi connectivity index (χ3n) is 5.71. The van der Waals surface area contributed by atoms with Gasteiger partial charge in [0.25, 0.3) is 5.91 Å². The van der Waals surface area contributed by atoms with Crippen LogP contribution in [0.4, 0.5) is 0 Å². The molecule has 0 radical (unpaired) electrons. The number of carbonyl (C=O) groups is 2. The number of aromatic nitrogens is 2. The fraction of sp³-hybridized carbons (Fsp3) is 0.500. The number of rotatable bonds is 10. The number of carboxylic acids is 1. The van der Waals surface area contributed by atoms with Crippen LogP contribution in [0.5, 0.6) is 0 Å². The van der Waals surface area contributed by atoms with Gasteiger partial charge in [0.2, 0.25) is 0 Å². The molecule has 2 aromatic rings. The van der Waals surface area contributed by atoms with Crippen LogP contribution in [0.25, 0.3) is 11.4 Å². The van der Waals surface area contributed by atoms with E-state index >= 15 is 0 Å². The van der Waals surface area contributed by atoms with E-state index in [0.29, 0.717) is 24.4 Å². The van der Waals surface area contributed by atoms with E-state index < -0.39 is 12.0 Å². The van der Waals surface area contributed by atoms with Gasteiger partial charge in [-0.15, -0.1) is 0 Å². The first kappa shape index (κ1) is 21.9. The van der Waals surface area contributed by atoms with Crippen molar-refractivity contribution in [2.24, 2.45) is 0 Å². The minimum atomic E-state index is -0.938. The molecule has 1 amide bonds. The molecular formula is C24H31N3O3. The van der Waals surface area contributed by atoms with Gasteiger partial charge < -0.3 is 10.0 Å². The van der Waals surface area contributed by atoms with Crippen LogP contribution in [0.1, 0.15) is 74.2 Å². The Labute approximate surface area is 178 Å². The van der Waals surface area contributed by atoms with Crippen molar-refractivity contribution in [2.75, 3.05) is 6.54 Å².